The summed E-state index contributed by atoms with van der Waals surface area (Å²) in [4.78, 5) is 5.30. The first-order valence-corrected chi connectivity index (χ1v) is 4.74. The Morgan fingerprint density at radius 3 is 2.85 bits per heavy atom. The topological polar surface area (TPSA) is 21.3 Å². The predicted molar refractivity (Wildman–Crippen MR) is 52.7 cm³/mol. The Balaban J connectivity index is 2.42. The van der Waals surface area contributed by atoms with Gasteiger partial charge in [-0.25, -0.2) is 0 Å². The number of hydrogen-bond acceptors (Lipinski definition) is 2. The summed E-state index contributed by atoms with van der Waals surface area (Å²) in [5.41, 5.74) is 5.59. The zero-order chi connectivity index (χ0) is 9.42. The quantitative estimate of drug-likeness (QED) is 0.712. The van der Waals surface area contributed by atoms with Crippen LogP contribution in [0.25, 0.3) is 0 Å². The smallest absolute Gasteiger partial charge is 0.152 e. The van der Waals surface area contributed by atoms with Crippen molar-refractivity contribution in [2.45, 2.75) is 32.7 Å². The minimum atomic E-state index is 0.314. The molecule has 0 bridgehead atoms. The van der Waals surface area contributed by atoms with E-state index in [1.807, 2.05) is 6.07 Å². The van der Waals surface area contributed by atoms with Gasteiger partial charge in [0.25, 0.3) is 0 Å². The maximum atomic E-state index is 5.30. The normalized spacial score (nSPS) is 20.2. The Morgan fingerprint density at radius 1 is 1.38 bits per heavy atom. The van der Waals surface area contributed by atoms with Crippen molar-refractivity contribution >= 4 is 0 Å². The highest BCUT2D eigenvalue weighted by molar-refractivity contribution is 5.41. The molecule has 0 unspecified atom stereocenters. The van der Waals surface area contributed by atoms with Gasteiger partial charge in [0.2, 0.25) is 0 Å². The van der Waals surface area contributed by atoms with Crippen LogP contribution in [0.4, 0.5) is 0 Å². The first-order chi connectivity index (χ1) is 6.18. The average Bonchev–Trinajstić information content (AvgIpc) is 2.47. The van der Waals surface area contributed by atoms with Crippen LogP contribution in [0.2, 0.25) is 0 Å². The average molecular weight is 177 g/mol. The molecule has 2 nitrogen and oxygen atoms in total. The predicted octanol–water partition coefficient (Wildman–Crippen LogP) is 2.77. The summed E-state index contributed by atoms with van der Waals surface area (Å²) in [6.45, 7) is 6.52. The summed E-state index contributed by atoms with van der Waals surface area (Å²) in [5, 5.41) is 0. The summed E-state index contributed by atoms with van der Waals surface area (Å²) in [6, 6.07) is 6.71. The molecular weight excluding hydrogens is 162 g/mol. The van der Waals surface area contributed by atoms with Gasteiger partial charge in [0.1, 0.15) is 0 Å². The first-order valence-electron chi connectivity index (χ1n) is 4.74. The molecule has 0 saturated carbocycles. The second kappa shape index (κ2) is 3.04. The standard InChI is InChI=1S/C11H15NO/c1-7(2)9-4-5-11-10(6-9)8(3)12-13-11/h4-8,12H,1-3H3/t8-/m1/s1. The highest BCUT2D eigenvalue weighted by atomic mass is 16.7. The van der Waals surface area contributed by atoms with Crippen LogP contribution in [-0.2, 0) is 0 Å². The van der Waals surface area contributed by atoms with E-state index >= 15 is 0 Å². The monoisotopic (exact) mass is 177 g/mol. The molecular formula is C11H15NO. The van der Waals surface area contributed by atoms with E-state index in [1.54, 1.807) is 0 Å². The van der Waals surface area contributed by atoms with E-state index in [2.05, 4.69) is 38.4 Å². The molecule has 70 valence electrons. The summed E-state index contributed by atoms with van der Waals surface area (Å²) in [6.07, 6.45) is 0. The molecule has 2 rings (SSSR count). The molecule has 0 aliphatic carbocycles. The molecule has 1 N–H and O–H groups in total. The van der Waals surface area contributed by atoms with Crippen LogP contribution in [0.5, 0.6) is 5.75 Å². The third-order valence-electron chi connectivity index (χ3n) is 2.51. The maximum Gasteiger partial charge on any atom is 0.152 e. The molecule has 0 saturated heterocycles. The number of hydroxylamine groups is 1. The Morgan fingerprint density at radius 2 is 2.15 bits per heavy atom. The molecule has 1 atom stereocenters. The molecule has 0 spiro atoms. The number of rotatable bonds is 1. The van der Waals surface area contributed by atoms with Crippen molar-refractivity contribution in [2.75, 3.05) is 0 Å². The van der Waals surface area contributed by atoms with Gasteiger partial charge in [-0.15, -0.1) is 5.48 Å². The molecule has 1 aromatic carbocycles. The van der Waals surface area contributed by atoms with E-state index in [0.717, 1.165) is 5.75 Å². The Hall–Kier alpha value is -1.02. The molecule has 0 fully saturated rings. The Kier molecular flexibility index (Phi) is 2.00. The second-order valence-electron chi connectivity index (χ2n) is 3.89. The van der Waals surface area contributed by atoms with E-state index in [1.165, 1.54) is 11.1 Å². The fourth-order valence-electron chi connectivity index (χ4n) is 1.57. The molecule has 0 aromatic heterocycles. The summed E-state index contributed by atoms with van der Waals surface area (Å²) in [5.74, 6) is 1.55. The van der Waals surface area contributed by atoms with Crippen LogP contribution in [0.3, 0.4) is 0 Å². The fraction of sp³-hybridized carbons (Fsp3) is 0.455. The molecule has 0 radical (unpaired) electrons. The highest BCUT2D eigenvalue weighted by Crippen LogP contribution is 2.32. The lowest BCUT2D eigenvalue weighted by Gasteiger charge is -2.07. The molecule has 1 aliphatic heterocycles. The minimum Gasteiger partial charge on any atom is -0.408 e. The SMILES string of the molecule is CC(C)c1ccc2c(c1)[C@@H](C)NO2. The fourth-order valence-corrected chi connectivity index (χ4v) is 1.57. The summed E-state index contributed by atoms with van der Waals surface area (Å²) in [7, 11) is 0. The van der Waals surface area contributed by atoms with Crippen LogP contribution < -0.4 is 10.3 Å². The lowest BCUT2D eigenvalue weighted by atomic mass is 9.98. The van der Waals surface area contributed by atoms with Gasteiger partial charge in [0, 0.05) is 5.56 Å². The molecule has 13 heavy (non-hydrogen) atoms. The number of hydrogen-bond donors (Lipinski definition) is 1. The van der Waals surface area contributed by atoms with Gasteiger partial charge < -0.3 is 4.84 Å². The zero-order valence-electron chi connectivity index (χ0n) is 8.29. The van der Waals surface area contributed by atoms with Gasteiger partial charge in [-0.05, 0) is 24.5 Å². The van der Waals surface area contributed by atoms with Gasteiger partial charge in [-0.2, -0.15) is 0 Å². The minimum absolute atomic E-state index is 0.314. The second-order valence-corrected chi connectivity index (χ2v) is 3.89. The van der Waals surface area contributed by atoms with Crippen LogP contribution in [0, 0.1) is 0 Å². The van der Waals surface area contributed by atoms with Gasteiger partial charge in [-0.1, -0.05) is 26.0 Å². The Bertz CT molecular complexity index is 320. The van der Waals surface area contributed by atoms with Crippen LogP contribution in [0.15, 0.2) is 18.2 Å². The largest absolute Gasteiger partial charge is 0.408 e. The third kappa shape index (κ3) is 1.42. The molecule has 2 heteroatoms. The highest BCUT2D eigenvalue weighted by Gasteiger charge is 2.20. The van der Waals surface area contributed by atoms with Crippen molar-refractivity contribution in [3.63, 3.8) is 0 Å². The zero-order valence-corrected chi connectivity index (χ0v) is 8.29. The van der Waals surface area contributed by atoms with Gasteiger partial charge in [-0.3, -0.25) is 0 Å². The van der Waals surface area contributed by atoms with E-state index in [9.17, 15) is 0 Å². The van der Waals surface area contributed by atoms with Gasteiger partial charge in [0.05, 0.1) is 6.04 Å². The summed E-state index contributed by atoms with van der Waals surface area (Å²) < 4.78 is 0. The number of nitrogens with one attached hydrogen (secondary N) is 1. The lowest BCUT2D eigenvalue weighted by molar-refractivity contribution is 0.200. The molecule has 1 aliphatic rings. The summed E-state index contributed by atoms with van der Waals surface area (Å²) >= 11 is 0. The van der Waals surface area contributed by atoms with Crippen molar-refractivity contribution in [3.8, 4) is 5.75 Å². The van der Waals surface area contributed by atoms with Crippen molar-refractivity contribution in [1.29, 1.82) is 0 Å². The maximum absolute atomic E-state index is 5.30. The molecule has 1 aromatic rings. The van der Waals surface area contributed by atoms with Gasteiger partial charge >= 0.3 is 0 Å². The number of benzene rings is 1. The van der Waals surface area contributed by atoms with E-state index in [4.69, 9.17) is 4.84 Å². The van der Waals surface area contributed by atoms with Crippen LogP contribution in [-0.4, -0.2) is 0 Å². The molecule has 1 heterocycles. The third-order valence-corrected chi connectivity index (χ3v) is 2.51. The van der Waals surface area contributed by atoms with Crippen molar-refractivity contribution in [2.24, 2.45) is 0 Å². The van der Waals surface area contributed by atoms with Crippen molar-refractivity contribution < 1.29 is 4.84 Å². The van der Waals surface area contributed by atoms with Crippen molar-refractivity contribution in [3.05, 3.63) is 29.3 Å². The first kappa shape index (κ1) is 8.57. The van der Waals surface area contributed by atoms with Crippen LogP contribution in [0.1, 0.15) is 43.9 Å². The molecule has 0 amide bonds. The van der Waals surface area contributed by atoms with Gasteiger partial charge in [0.15, 0.2) is 5.75 Å². The Labute approximate surface area is 78.9 Å². The number of fused-ring (bicyclic) bond motifs is 1. The van der Waals surface area contributed by atoms with Crippen molar-refractivity contribution in [1.82, 2.24) is 5.48 Å². The lowest BCUT2D eigenvalue weighted by Crippen LogP contribution is -2.13. The van der Waals surface area contributed by atoms with E-state index in [0.29, 0.717) is 12.0 Å². The van der Waals surface area contributed by atoms with Crippen LogP contribution >= 0.6 is 0 Å². The van der Waals surface area contributed by atoms with E-state index in [-0.39, 0.29) is 0 Å². The van der Waals surface area contributed by atoms with E-state index < -0.39 is 0 Å².